The largest absolute Gasteiger partial charge is 0.506 e. The van der Waals surface area contributed by atoms with Crippen LogP contribution in [0.1, 0.15) is 6.92 Å². The average Bonchev–Trinajstić information content (AvgIpc) is 2.96. The van der Waals surface area contributed by atoms with Crippen molar-refractivity contribution in [2.45, 2.75) is 16.7 Å². The summed E-state index contributed by atoms with van der Waals surface area (Å²) in [4.78, 5) is 12.0. The number of hydrogen-bond acceptors (Lipinski definition) is 17. The monoisotopic (exact) mass is 743 g/mol. The molecule has 0 saturated heterocycles. The van der Waals surface area contributed by atoms with E-state index in [2.05, 4.69) is 44.5 Å². The molecule has 0 heterocycles. The number of nitrogens with one attached hydrogen (secondary N) is 1. The van der Waals surface area contributed by atoms with Crippen LogP contribution in [0.15, 0.2) is 84.8 Å². The van der Waals surface area contributed by atoms with Gasteiger partial charge in [0, 0.05) is 69.2 Å². The van der Waals surface area contributed by atoms with Crippen LogP contribution in [0.3, 0.4) is 0 Å². The van der Waals surface area contributed by atoms with Gasteiger partial charge >= 0.3 is 0 Å². The van der Waals surface area contributed by atoms with Crippen LogP contribution in [0.2, 0.25) is 0 Å². The molecule has 20 heteroatoms. The third kappa shape index (κ3) is 9.26. The molecule has 0 unspecified atom stereocenters. The van der Waals surface area contributed by atoms with Crippen LogP contribution < -0.4 is 5.32 Å². The normalized spacial score (nSPS) is 11.1. The van der Waals surface area contributed by atoms with Crippen molar-refractivity contribution in [2.24, 2.45) is 20.5 Å². The number of benzene rings is 4. The number of carbonyl (C=O) groups is 1. The summed E-state index contributed by atoms with van der Waals surface area (Å²) in [6.07, 6.45) is 0. The van der Waals surface area contributed by atoms with Crippen molar-refractivity contribution in [3.05, 3.63) is 54.6 Å². The Bertz CT molecular complexity index is 1700. The second kappa shape index (κ2) is 17.1. The van der Waals surface area contributed by atoms with Crippen LogP contribution in [0.5, 0.6) is 23.0 Å². The number of azo groups is 2. The molecule has 0 aliphatic heterocycles. The van der Waals surface area contributed by atoms with Gasteiger partial charge in [-0.1, -0.05) is 16.1 Å². The van der Waals surface area contributed by atoms with Crippen molar-refractivity contribution >= 4 is 69.2 Å². The number of fused-ring (bicyclic) bond motifs is 1. The van der Waals surface area contributed by atoms with Gasteiger partial charge in [-0.15, -0.1) is 29.1 Å². The van der Waals surface area contributed by atoms with Gasteiger partial charge in [-0.25, -0.2) is 10.5 Å². The van der Waals surface area contributed by atoms with E-state index in [9.17, 15) is 25.2 Å². The maximum absolute atomic E-state index is 11.4. The van der Waals surface area contributed by atoms with Gasteiger partial charge in [-0.05, 0) is 41.8 Å². The minimum absolute atomic E-state index is 0. The van der Waals surface area contributed by atoms with E-state index in [1.54, 1.807) is 12.1 Å². The number of nitrogens with zero attached hydrogens (tertiary/aromatic N) is 4. The Hall–Kier alpha value is -3.49. The van der Waals surface area contributed by atoms with Gasteiger partial charge in [-0.2, -0.15) is 0 Å². The van der Waals surface area contributed by atoms with Crippen molar-refractivity contribution in [1.82, 2.24) is 0 Å². The van der Waals surface area contributed by atoms with Gasteiger partial charge in [0.15, 0.2) is 5.75 Å². The summed E-state index contributed by atoms with van der Waals surface area (Å²) in [6.45, 7) is 1.33. The minimum Gasteiger partial charge on any atom is -0.506 e. The molecule has 0 bridgehead atoms. The third-order valence-electron chi connectivity index (χ3n) is 5.23. The first-order chi connectivity index (χ1) is 20.2. The molecule has 0 atom stereocenters. The molecule has 4 rings (SSSR count). The summed E-state index contributed by atoms with van der Waals surface area (Å²) < 4.78 is 8.82. The summed E-state index contributed by atoms with van der Waals surface area (Å²) in [5, 5.41) is 84.9. The molecule has 0 spiro atoms. The number of anilines is 1. The summed E-state index contributed by atoms with van der Waals surface area (Å²) >= 11 is 1.13. The zero-order valence-corrected chi connectivity index (χ0v) is 25.1. The van der Waals surface area contributed by atoms with E-state index in [0.717, 1.165) is 12.1 Å². The van der Waals surface area contributed by atoms with Crippen molar-refractivity contribution in [1.29, 1.82) is 0 Å². The Morgan fingerprint density at radius 1 is 0.727 bits per heavy atom. The first kappa shape index (κ1) is 36.7. The molecule has 4 aromatic carbocycles. The number of amides is 1. The molecule has 7 N–H and O–H groups in total. The molecular formula is C24H19Cu2N5O11S2. The van der Waals surface area contributed by atoms with Gasteiger partial charge in [0.1, 0.15) is 40.0 Å². The molecule has 1 amide bonds. The predicted molar refractivity (Wildman–Crippen MR) is 147 cm³/mol. The fourth-order valence-corrected chi connectivity index (χ4v) is 4.34. The number of carbonyl (C=O) groups excluding carboxylic acids is 1. The van der Waals surface area contributed by atoms with Crippen molar-refractivity contribution in [3.63, 3.8) is 0 Å². The summed E-state index contributed by atoms with van der Waals surface area (Å²) in [5.74, 6) is -1.91. The van der Waals surface area contributed by atoms with E-state index >= 15 is 0 Å². The quantitative estimate of drug-likeness (QED) is 0.0199. The van der Waals surface area contributed by atoms with E-state index in [0.29, 0.717) is 40.1 Å². The van der Waals surface area contributed by atoms with Crippen molar-refractivity contribution in [3.8, 4) is 23.0 Å². The molecule has 4 aromatic rings. The minimum atomic E-state index is -0.482. The van der Waals surface area contributed by atoms with Gasteiger partial charge in [0.25, 0.3) is 0 Å². The zero-order valence-electron chi connectivity index (χ0n) is 21.6. The Labute approximate surface area is 276 Å². The summed E-state index contributed by atoms with van der Waals surface area (Å²) in [7, 11) is 0. The molecule has 0 aliphatic rings. The first-order valence-corrected chi connectivity index (χ1v) is 12.8. The molecule has 0 aromatic heterocycles. The molecule has 44 heavy (non-hydrogen) atoms. The van der Waals surface area contributed by atoms with Crippen LogP contribution in [0, 0.1) is 0 Å². The molecule has 240 valence electrons. The molecule has 2 radical (unpaired) electrons. The number of hydrogen-bond donors (Lipinski definition) is 7. The zero-order chi connectivity index (χ0) is 30.2. The average molecular weight is 745 g/mol. The van der Waals surface area contributed by atoms with Gasteiger partial charge in [-0.3, -0.25) is 4.79 Å². The van der Waals surface area contributed by atoms with Crippen LogP contribution in [0.25, 0.3) is 10.8 Å². The number of aromatic hydroxyl groups is 4. The molecule has 0 saturated carbocycles. The van der Waals surface area contributed by atoms with E-state index in [-0.39, 0.29) is 84.6 Å². The maximum Gasteiger partial charge on any atom is 0.221 e. The summed E-state index contributed by atoms with van der Waals surface area (Å²) in [6, 6.07) is 12.4. The van der Waals surface area contributed by atoms with E-state index in [4.69, 9.17) is 10.5 Å². The van der Waals surface area contributed by atoms with Crippen LogP contribution in [-0.2, 0) is 57.7 Å². The maximum atomic E-state index is 11.4. The van der Waals surface area contributed by atoms with Crippen LogP contribution in [-0.4, -0.2) is 36.8 Å². The van der Waals surface area contributed by atoms with E-state index in [1.807, 2.05) is 0 Å². The summed E-state index contributed by atoms with van der Waals surface area (Å²) in [5.41, 5.74) is -0.201. The Morgan fingerprint density at radius 2 is 1.32 bits per heavy atom. The van der Waals surface area contributed by atoms with Crippen molar-refractivity contribution in [2.75, 3.05) is 5.32 Å². The number of rotatable bonds is 11. The van der Waals surface area contributed by atoms with Crippen LogP contribution in [0.4, 0.5) is 28.4 Å². The third-order valence-corrected chi connectivity index (χ3v) is 6.42. The first-order valence-electron chi connectivity index (χ1n) is 11.3. The fraction of sp³-hybridized carbons (Fsp3) is 0.0417. The molecule has 0 fully saturated rings. The Morgan fingerprint density at radius 3 is 1.93 bits per heavy atom. The van der Waals surface area contributed by atoms with Crippen molar-refractivity contribution < 1.29 is 88.6 Å². The second-order valence-corrected chi connectivity index (χ2v) is 9.54. The number of phenolic OH excluding ortho intramolecular Hbond substituents is 4. The predicted octanol–water partition coefficient (Wildman–Crippen LogP) is 7.30. The van der Waals surface area contributed by atoms with E-state index < -0.39 is 11.5 Å². The Balaban J connectivity index is 0.00000337. The molecule has 0 aliphatic carbocycles. The standard InChI is InChI=1S/C24H19N5O11S2.2Cu/c1-11(30)25-13-3-2-12-6-22(42-40-38-36)23(24(34)15(12)7-13)29-28-18-10-20(32)17(9-21(18)33)27-26-16-8-14(41-39-37-35)4-5-19(16)31;;/h2-10,31-36H,1H3,(H,25,30);;. The fourth-order valence-electron chi connectivity index (χ4n) is 3.45. The molecular weight excluding hydrogens is 726 g/mol. The SMILES string of the molecule is CC(=O)Nc1ccc2cc(SOOO)c(N=Nc3cc(O)c(N=Nc4cc(SOOO)ccc4O)cc3O)c(O)c2c1.[Cu].[Cu]. The molecule has 16 nitrogen and oxygen atoms in total. The van der Waals surface area contributed by atoms with E-state index in [1.165, 1.54) is 37.3 Å². The Kier molecular flexibility index (Phi) is 14.3. The second-order valence-electron chi connectivity index (χ2n) is 8.02. The van der Waals surface area contributed by atoms with Gasteiger partial charge in [0.2, 0.25) is 5.91 Å². The van der Waals surface area contributed by atoms with Crippen LogP contribution >= 0.6 is 24.1 Å². The van der Waals surface area contributed by atoms with Gasteiger partial charge in [0.05, 0.1) is 29.0 Å². The topological polar surface area (TPSA) is 237 Å². The number of phenols is 4. The van der Waals surface area contributed by atoms with Gasteiger partial charge < -0.3 is 25.7 Å². The smallest absolute Gasteiger partial charge is 0.221 e.